The smallest absolute Gasteiger partial charge is 0.0584 e. The molecule has 0 spiro atoms. The molecular formula is C12H22O. The lowest BCUT2D eigenvalue weighted by molar-refractivity contribution is -0.120. The lowest BCUT2D eigenvalue weighted by Gasteiger charge is -2.45. The maximum absolute atomic E-state index is 5.95. The van der Waals surface area contributed by atoms with Gasteiger partial charge in [-0.15, -0.1) is 0 Å². The van der Waals surface area contributed by atoms with Crippen molar-refractivity contribution in [3.05, 3.63) is 0 Å². The highest BCUT2D eigenvalue weighted by Gasteiger charge is 2.39. The molecule has 0 atom stereocenters. The molecule has 0 aromatic rings. The van der Waals surface area contributed by atoms with Crippen LogP contribution in [0.2, 0.25) is 0 Å². The molecule has 0 N–H and O–H groups in total. The van der Waals surface area contributed by atoms with Gasteiger partial charge in [0.15, 0.2) is 0 Å². The number of hydrogen-bond donors (Lipinski definition) is 0. The van der Waals surface area contributed by atoms with Gasteiger partial charge in [0.25, 0.3) is 0 Å². The van der Waals surface area contributed by atoms with Gasteiger partial charge < -0.3 is 4.74 Å². The minimum absolute atomic E-state index is 0.499. The first kappa shape index (κ1) is 9.51. The lowest BCUT2D eigenvalue weighted by atomic mass is 9.67. The molecule has 2 saturated carbocycles. The Bertz CT molecular complexity index is 170. The second-order valence-electron chi connectivity index (χ2n) is 5.85. The van der Waals surface area contributed by atoms with Crippen molar-refractivity contribution in [3.8, 4) is 0 Å². The van der Waals surface area contributed by atoms with Gasteiger partial charge in [0.05, 0.1) is 12.2 Å². The van der Waals surface area contributed by atoms with Crippen LogP contribution in [0.4, 0.5) is 0 Å². The van der Waals surface area contributed by atoms with Crippen molar-refractivity contribution in [1.29, 1.82) is 0 Å². The van der Waals surface area contributed by atoms with Crippen LogP contribution < -0.4 is 0 Å². The molecule has 0 unspecified atom stereocenters. The van der Waals surface area contributed by atoms with Crippen LogP contribution in [0.5, 0.6) is 0 Å². The highest BCUT2D eigenvalue weighted by Crippen LogP contribution is 2.44. The van der Waals surface area contributed by atoms with E-state index in [4.69, 9.17) is 4.74 Å². The van der Waals surface area contributed by atoms with Crippen molar-refractivity contribution < 1.29 is 4.74 Å². The van der Waals surface area contributed by atoms with Crippen molar-refractivity contribution in [2.75, 3.05) is 0 Å². The number of ether oxygens (including phenoxy) is 1. The summed E-state index contributed by atoms with van der Waals surface area (Å²) in [5.41, 5.74) is 0.499. The van der Waals surface area contributed by atoms with Gasteiger partial charge in [-0.1, -0.05) is 20.8 Å². The van der Waals surface area contributed by atoms with Gasteiger partial charge >= 0.3 is 0 Å². The molecule has 2 aliphatic rings. The third-order valence-electron chi connectivity index (χ3n) is 3.76. The zero-order valence-electron chi connectivity index (χ0n) is 9.18. The van der Waals surface area contributed by atoms with E-state index in [1.807, 2.05) is 0 Å². The van der Waals surface area contributed by atoms with E-state index in [9.17, 15) is 0 Å². The van der Waals surface area contributed by atoms with E-state index in [0.29, 0.717) is 17.6 Å². The molecule has 2 fully saturated rings. The summed E-state index contributed by atoms with van der Waals surface area (Å²) in [6.07, 6.45) is 7.87. The molecule has 2 rings (SSSR count). The maximum Gasteiger partial charge on any atom is 0.0584 e. The number of hydrogen-bond acceptors (Lipinski definition) is 1. The Morgan fingerprint density at radius 2 is 1.62 bits per heavy atom. The first-order valence-electron chi connectivity index (χ1n) is 5.71. The third-order valence-corrected chi connectivity index (χ3v) is 3.76. The quantitative estimate of drug-likeness (QED) is 0.636. The molecule has 1 nitrogen and oxygen atoms in total. The molecule has 76 valence electrons. The molecule has 2 aliphatic carbocycles. The summed E-state index contributed by atoms with van der Waals surface area (Å²) in [5, 5.41) is 0. The fraction of sp³-hybridized carbons (Fsp3) is 1.00. The van der Waals surface area contributed by atoms with Gasteiger partial charge in [-0.3, -0.25) is 0 Å². The fourth-order valence-corrected chi connectivity index (χ4v) is 2.16. The fourth-order valence-electron chi connectivity index (χ4n) is 2.16. The van der Waals surface area contributed by atoms with Gasteiger partial charge in [-0.2, -0.15) is 0 Å². The maximum atomic E-state index is 5.95. The van der Waals surface area contributed by atoms with E-state index in [-0.39, 0.29) is 0 Å². The van der Waals surface area contributed by atoms with E-state index in [2.05, 4.69) is 20.8 Å². The molecule has 0 aliphatic heterocycles. The summed E-state index contributed by atoms with van der Waals surface area (Å²) in [4.78, 5) is 0. The van der Waals surface area contributed by atoms with Crippen LogP contribution in [0.15, 0.2) is 0 Å². The second kappa shape index (κ2) is 3.27. The number of rotatable bonds is 2. The van der Waals surface area contributed by atoms with Crippen molar-refractivity contribution in [2.24, 2.45) is 11.3 Å². The Morgan fingerprint density at radius 3 is 2.00 bits per heavy atom. The van der Waals surface area contributed by atoms with Crippen LogP contribution in [0.1, 0.15) is 52.9 Å². The first-order chi connectivity index (χ1) is 6.05. The average Bonchev–Trinajstić information content (AvgIpc) is 1.76. The SMILES string of the molecule is CC(C)(C)C1CC(OC2CCC2)C1. The Kier molecular flexibility index (Phi) is 2.39. The summed E-state index contributed by atoms with van der Waals surface area (Å²) < 4.78 is 5.95. The molecule has 0 aromatic heterocycles. The summed E-state index contributed by atoms with van der Waals surface area (Å²) >= 11 is 0. The van der Waals surface area contributed by atoms with Crippen LogP contribution in [-0.2, 0) is 4.74 Å². The molecule has 13 heavy (non-hydrogen) atoms. The highest BCUT2D eigenvalue weighted by atomic mass is 16.5. The zero-order valence-corrected chi connectivity index (χ0v) is 9.18. The van der Waals surface area contributed by atoms with Gasteiger partial charge in [0, 0.05) is 0 Å². The summed E-state index contributed by atoms with van der Waals surface area (Å²) in [6, 6.07) is 0. The molecule has 0 radical (unpaired) electrons. The van der Waals surface area contributed by atoms with E-state index in [1.165, 1.54) is 32.1 Å². The third kappa shape index (κ3) is 2.07. The van der Waals surface area contributed by atoms with Crippen molar-refractivity contribution in [1.82, 2.24) is 0 Å². The molecule has 0 saturated heterocycles. The summed E-state index contributed by atoms with van der Waals surface area (Å²) in [5.74, 6) is 0.901. The van der Waals surface area contributed by atoms with Gasteiger partial charge in [-0.25, -0.2) is 0 Å². The molecule has 0 aromatic carbocycles. The van der Waals surface area contributed by atoms with Crippen LogP contribution in [0.3, 0.4) is 0 Å². The van der Waals surface area contributed by atoms with Crippen molar-refractivity contribution >= 4 is 0 Å². The van der Waals surface area contributed by atoms with E-state index >= 15 is 0 Å². The van der Waals surface area contributed by atoms with Crippen LogP contribution in [-0.4, -0.2) is 12.2 Å². The average molecular weight is 182 g/mol. The molecule has 0 bridgehead atoms. The minimum atomic E-state index is 0.499. The molecule has 0 heterocycles. The summed E-state index contributed by atoms with van der Waals surface area (Å²) in [6.45, 7) is 7.03. The van der Waals surface area contributed by atoms with E-state index in [0.717, 1.165) is 5.92 Å². The normalized spacial score (nSPS) is 35.3. The van der Waals surface area contributed by atoms with Crippen molar-refractivity contribution in [2.45, 2.75) is 65.1 Å². The van der Waals surface area contributed by atoms with E-state index < -0.39 is 0 Å². The Hall–Kier alpha value is -0.0400. The van der Waals surface area contributed by atoms with Crippen LogP contribution in [0.25, 0.3) is 0 Å². The van der Waals surface area contributed by atoms with Crippen LogP contribution >= 0.6 is 0 Å². The topological polar surface area (TPSA) is 9.23 Å². The zero-order chi connectivity index (χ0) is 9.47. The standard InChI is InChI=1S/C12H22O/c1-12(2,3)9-7-11(8-9)13-10-5-4-6-10/h9-11H,4-8H2,1-3H3. The van der Waals surface area contributed by atoms with Crippen molar-refractivity contribution in [3.63, 3.8) is 0 Å². The predicted octanol–water partition coefficient (Wildman–Crippen LogP) is 3.38. The van der Waals surface area contributed by atoms with Crippen LogP contribution in [0, 0.1) is 11.3 Å². The van der Waals surface area contributed by atoms with Gasteiger partial charge in [0.1, 0.15) is 0 Å². The molecule has 1 heteroatoms. The Labute approximate surface area is 81.9 Å². The monoisotopic (exact) mass is 182 g/mol. The minimum Gasteiger partial charge on any atom is -0.375 e. The van der Waals surface area contributed by atoms with Gasteiger partial charge in [-0.05, 0) is 43.4 Å². The first-order valence-corrected chi connectivity index (χ1v) is 5.71. The summed E-state index contributed by atoms with van der Waals surface area (Å²) in [7, 11) is 0. The Balaban J connectivity index is 1.66. The molecule has 0 amide bonds. The largest absolute Gasteiger partial charge is 0.375 e. The van der Waals surface area contributed by atoms with E-state index in [1.54, 1.807) is 0 Å². The molecular weight excluding hydrogens is 160 g/mol. The highest BCUT2D eigenvalue weighted by molar-refractivity contribution is 4.89. The Morgan fingerprint density at radius 1 is 1.00 bits per heavy atom. The predicted molar refractivity (Wildman–Crippen MR) is 54.7 cm³/mol. The lowest BCUT2D eigenvalue weighted by Crippen LogP contribution is -2.42. The second-order valence-corrected chi connectivity index (χ2v) is 5.85. The van der Waals surface area contributed by atoms with Gasteiger partial charge in [0.2, 0.25) is 0 Å².